The molecule has 1 fully saturated rings. The third-order valence-corrected chi connectivity index (χ3v) is 3.36. The van der Waals surface area contributed by atoms with Crippen LogP contribution in [0.15, 0.2) is 12.2 Å². The lowest BCUT2D eigenvalue weighted by molar-refractivity contribution is -0.148. The molecular weight excluding hydrogens is 204 g/mol. The average molecular weight is 222 g/mol. The summed E-state index contributed by atoms with van der Waals surface area (Å²) in [5, 5.41) is 2.65. The standard InChI is InChI=1S/C12H18N2O2/c1-2-10-12(16)13-8-11(15)14(10)9-6-4-3-5-7-9/h3-4,9-10H,2,5-8H2,1H3,(H,13,16). The molecule has 1 aliphatic carbocycles. The molecule has 88 valence electrons. The molecule has 0 aromatic carbocycles. The van der Waals surface area contributed by atoms with Crippen LogP contribution in [0.4, 0.5) is 0 Å². The van der Waals surface area contributed by atoms with E-state index in [-0.39, 0.29) is 30.4 Å². The summed E-state index contributed by atoms with van der Waals surface area (Å²) in [6.45, 7) is 2.12. The number of rotatable bonds is 2. The monoisotopic (exact) mass is 222 g/mol. The fourth-order valence-corrected chi connectivity index (χ4v) is 2.54. The van der Waals surface area contributed by atoms with Crippen LogP contribution in [0.3, 0.4) is 0 Å². The number of piperazine rings is 1. The van der Waals surface area contributed by atoms with Crippen LogP contribution < -0.4 is 5.32 Å². The first-order chi connectivity index (χ1) is 7.74. The first-order valence-corrected chi connectivity index (χ1v) is 5.98. The van der Waals surface area contributed by atoms with Crippen molar-refractivity contribution in [3.05, 3.63) is 12.2 Å². The highest BCUT2D eigenvalue weighted by molar-refractivity contribution is 5.95. The Kier molecular flexibility index (Phi) is 3.27. The van der Waals surface area contributed by atoms with Crippen LogP contribution in [-0.2, 0) is 9.59 Å². The van der Waals surface area contributed by atoms with Crippen molar-refractivity contribution in [2.45, 2.75) is 44.7 Å². The van der Waals surface area contributed by atoms with Crippen LogP contribution in [0.25, 0.3) is 0 Å². The molecule has 0 aromatic heterocycles. The van der Waals surface area contributed by atoms with Crippen molar-refractivity contribution in [3.8, 4) is 0 Å². The molecule has 4 heteroatoms. The Balaban J connectivity index is 2.16. The van der Waals surface area contributed by atoms with Crippen LogP contribution in [0.5, 0.6) is 0 Å². The molecule has 1 N–H and O–H groups in total. The van der Waals surface area contributed by atoms with Crippen LogP contribution >= 0.6 is 0 Å². The molecule has 0 spiro atoms. The largest absolute Gasteiger partial charge is 0.345 e. The van der Waals surface area contributed by atoms with E-state index in [0.717, 1.165) is 19.3 Å². The molecular formula is C12H18N2O2. The lowest BCUT2D eigenvalue weighted by Gasteiger charge is -2.40. The van der Waals surface area contributed by atoms with E-state index >= 15 is 0 Å². The van der Waals surface area contributed by atoms with E-state index in [2.05, 4.69) is 17.5 Å². The maximum atomic E-state index is 11.9. The van der Waals surface area contributed by atoms with Crippen molar-refractivity contribution in [1.29, 1.82) is 0 Å². The van der Waals surface area contributed by atoms with Gasteiger partial charge in [-0.15, -0.1) is 0 Å². The Morgan fingerprint density at radius 1 is 1.44 bits per heavy atom. The van der Waals surface area contributed by atoms with Gasteiger partial charge in [0.05, 0.1) is 6.54 Å². The molecule has 0 aromatic rings. The van der Waals surface area contributed by atoms with Gasteiger partial charge < -0.3 is 10.2 Å². The number of hydrogen-bond acceptors (Lipinski definition) is 2. The quantitative estimate of drug-likeness (QED) is 0.704. The molecule has 1 heterocycles. The molecule has 0 bridgehead atoms. The van der Waals surface area contributed by atoms with E-state index in [4.69, 9.17) is 0 Å². The predicted octanol–water partition coefficient (Wildman–Crippen LogP) is 0.832. The van der Waals surface area contributed by atoms with Crippen molar-refractivity contribution in [3.63, 3.8) is 0 Å². The van der Waals surface area contributed by atoms with Gasteiger partial charge in [0.1, 0.15) is 6.04 Å². The molecule has 2 amide bonds. The number of hydrogen-bond donors (Lipinski definition) is 1. The lowest BCUT2D eigenvalue weighted by Crippen LogP contribution is -2.61. The van der Waals surface area contributed by atoms with E-state index in [1.807, 2.05) is 11.8 Å². The first-order valence-electron chi connectivity index (χ1n) is 5.98. The summed E-state index contributed by atoms with van der Waals surface area (Å²) in [6.07, 6.45) is 7.82. The second kappa shape index (κ2) is 4.68. The second-order valence-electron chi connectivity index (χ2n) is 4.38. The van der Waals surface area contributed by atoms with Gasteiger partial charge >= 0.3 is 0 Å². The predicted molar refractivity (Wildman–Crippen MR) is 60.7 cm³/mol. The fraction of sp³-hybridized carbons (Fsp3) is 0.667. The van der Waals surface area contributed by atoms with Gasteiger partial charge in [0.25, 0.3) is 0 Å². The molecule has 1 saturated heterocycles. The summed E-state index contributed by atoms with van der Waals surface area (Å²) in [4.78, 5) is 25.4. The Hall–Kier alpha value is -1.32. The van der Waals surface area contributed by atoms with Crippen LogP contribution in [-0.4, -0.2) is 35.3 Å². The van der Waals surface area contributed by atoms with Gasteiger partial charge in [-0.1, -0.05) is 19.1 Å². The van der Waals surface area contributed by atoms with Crippen LogP contribution in [0.1, 0.15) is 32.6 Å². The Labute approximate surface area is 95.7 Å². The zero-order valence-corrected chi connectivity index (χ0v) is 9.61. The average Bonchev–Trinajstić information content (AvgIpc) is 2.33. The van der Waals surface area contributed by atoms with Crippen molar-refractivity contribution in [2.24, 2.45) is 0 Å². The Morgan fingerprint density at radius 3 is 2.88 bits per heavy atom. The van der Waals surface area contributed by atoms with Gasteiger partial charge in [-0.3, -0.25) is 9.59 Å². The van der Waals surface area contributed by atoms with Crippen molar-refractivity contribution < 1.29 is 9.59 Å². The van der Waals surface area contributed by atoms with E-state index in [1.165, 1.54) is 0 Å². The zero-order valence-electron chi connectivity index (χ0n) is 9.61. The number of nitrogens with one attached hydrogen (secondary N) is 1. The zero-order chi connectivity index (χ0) is 11.5. The topological polar surface area (TPSA) is 49.4 Å². The maximum absolute atomic E-state index is 11.9. The van der Waals surface area contributed by atoms with E-state index in [1.54, 1.807) is 0 Å². The maximum Gasteiger partial charge on any atom is 0.243 e. The molecule has 0 radical (unpaired) electrons. The number of amides is 2. The molecule has 1 aliphatic heterocycles. The molecule has 2 atom stereocenters. The highest BCUT2D eigenvalue weighted by Crippen LogP contribution is 2.22. The third kappa shape index (κ3) is 1.96. The van der Waals surface area contributed by atoms with Crippen LogP contribution in [0, 0.1) is 0 Å². The highest BCUT2D eigenvalue weighted by atomic mass is 16.2. The number of nitrogens with zero attached hydrogens (tertiary/aromatic N) is 1. The molecule has 16 heavy (non-hydrogen) atoms. The number of carbonyl (C=O) groups is 2. The summed E-state index contributed by atoms with van der Waals surface area (Å²) < 4.78 is 0. The van der Waals surface area contributed by atoms with Crippen molar-refractivity contribution in [2.75, 3.05) is 6.54 Å². The van der Waals surface area contributed by atoms with Gasteiger partial charge in [-0.05, 0) is 25.7 Å². The lowest BCUT2D eigenvalue weighted by atomic mass is 9.96. The van der Waals surface area contributed by atoms with Crippen LogP contribution in [0.2, 0.25) is 0 Å². The van der Waals surface area contributed by atoms with Crippen molar-refractivity contribution in [1.82, 2.24) is 10.2 Å². The van der Waals surface area contributed by atoms with Gasteiger partial charge in [-0.2, -0.15) is 0 Å². The third-order valence-electron chi connectivity index (χ3n) is 3.36. The highest BCUT2D eigenvalue weighted by Gasteiger charge is 2.37. The first kappa shape index (κ1) is 11.2. The normalized spacial score (nSPS) is 30.4. The summed E-state index contributed by atoms with van der Waals surface area (Å²) in [7, 11) is 0. The summed E-state index contributed by atoms with van der Waals surface area (Å²) in [6, 6.07) is -0.0498. The van der Waals surface area contributed by atoms with Gasteiger partial charge in [-0.25, -0.2) is 0 Å². The van der Waals surface area contributed by atoms with Gasteiger partial charge in [0.15, 0.2) is 0 Å². The van der Waals surface area contributed by atoms with E-state index < -0.39 is 0 Å². The Bertz CT molecular complexity index is 325. The summed E-state index contributed by atoms with van der Waals surface area (Å²) in [5.41, 5.74) is 0. The minimum Gasteiger partial charge on any atom is -0.345 e. The molecule has 2 unspecified atom stereocenters. The molecule has 0 saturated carbocycles. The SMILES string of the molecule is CCC1C(=O)NCC(=O)N1C1CC=CCC1. The minimum atomic E-state index is -0.266. The van der Waals surface area contributed by atoms with Gasteiger partial charge in [0.2, 0.25) is 11.8 Å². The van der Waals surface area contributed by atoms with Crippen molar-refractivity contribution >= 4 is 11.8 Å². The van der Waals surface area contributed by atoms with E-state index in [0.29, 0.717) is 6.42 Å². The fourth-order valence-electron chi connectivity index (χ4n) is 2.54. The second-order valence-corrected chi connectivity index (χ2v) is 4.38. The smallest absolute Gasteiger partial charge is 0.243 e. The van der Waals surface area contributed by atoms with Gasteiger partial charge in [0, 0.05) is 6.04 Å². The van der Waals surface area contributed by atoms with E-state index in [9.17, 15) is 9.59 Å². The molecule has 4 nitrogen and oxygen atoms in total. The summed E-state index contributed by atoms with van der Waals surface area (Å²) in [5.74, 6) is 0.0587. The number of allylic oxidation sites excluding steroid dienone is 1. The molecule has 2 aliphatic rings. The Morgan fingerprint density at radius 2 is 2.25 bits per heavy atom. The summed E-state index contributed by atoms with van der Waals surface area (Å²) >= 11 is 0. The minimum absolute atomic E-state index is 0.00310. The number of carbonyl (C=O) groups excluding carboxylic acids is 2. The molecule has 2 rings (SSSR count).